The SMILES string of the molecule is CNc1c(C(C)=O)ncn1[C@H]1CC[C@@H](CO)O1. The van der Waals surface area contributed by atoms with Crippen LogP contribution in [-0.4, -0.2) is 40.2 Å². The summed E-state index contributed by atoms with van der Waals surface area (Å²) in [6, 6.07) is 0. The molecule has 1 fully saturated rings. The molecule has 6 heteroatoms. The van der Waals surface area contributed by atoms with Gasteiger partial charge in [0.1, 0.15) is 17.7 Å². The molecule has 1 aliphatic heterocycles. The zero-order valence-electron chi connectivity index (χ0n) is 10.0. The number of imidazole rings is 1. The Hall–Kier alpha value is -1.40. The normalized spacial score (nSPS) is 23.9. The molecule has 0 spiro atoms. The van der Waals surface area contributed by atoms with E-state index in [9.17, 15) is 4.79 Å². The molecule has 94 valence electrons. The number of ketones is 1. The lowest BCUT2D eigenvalue weighted by molar-refractivity contribution is -0.0214. The summed E-state index contributed by atoms with van der Waals surface area (Å²) in [6.45, 7) is 1.51. The van der Waals surface area contributed by atoms with Crippen molar-refractivity contribution in [1.82, 2.24) is 9.55 Å². The van der Waals surface area contributed by atoms with E-state index in [0.29, 0.717) is 11.5 Å². The number of Topliss-reactive ketones (excluding diaryl/α,β-unsaturated/α-hetero) is 1. The molecule has 1 saturated heterocycles. The minimum atomic E-state index is -0.157. The van der Waals surface area contributed by atoms with Crippen LogP contribution in [0.1, 0.15) is 36.5 Å². The molecule has 2 heterocycles. The van der Waals surface area contributed by atoms with Crippen LogP contribution in [0.25, 0.3) is 0 Å². The fourth-order valence-corrected chi connectivity index (χ4v) is 2.11. The zero-order chi connectivity index (χ0) is 12.4. The highest BCUT2D eigenvalue weighted by molar-refractivity contribution is 5.96. The molecular weight excluding hydrogens is 222 g/mol. The molecule has 1 aromatic rings. The van der Waals surface area contributed by atoms with Crippen LogP contribution in [0.15, 0.2) is 6.33 Å². The predicted molar refractivity (Wildman–Crippen MR) is 62.0 cm³/mol. The first-order valence-electron chi connectivity index (χ1n) is 5.69. The minimum absolute atomic E-state index is 0.0274. The first-order chi connectivity index (χ1) is 8.17. The fourth-order valence-electron chi connectivity index (χ4n) is 2.11. The fraction of sp³-hybridized carbons (Fsp3) is 0.636. The Morgan fingerprint density at radius 1 is 1.71 bits per heavy atom. The predicted octanol–water partition coefficient (Wildman–Crippen LogP) is 0.797. The molecule has 0 bridgehead atoms. The number of rotatable bonds is 4. The van der Waals surface area contributed by atoms with Crippen molar-refractivity contribution in [2.24, 2.45) is 0 Å². The van der Waals surface area contributed by atoms with Crippen molar-refractivity contribution in [3.05, 3.63) is 12.0 Å². The summed E-state index contributed by atoms with van der Waals surface area (Å²) in [5.74, 6) is 0.589. The van der Waals surface area contributed by atoms with Crippen LogP contribution in [0.5, 0.6) is 0 Å². The third-order valence-corrected chi connectivity index (χ3v) is 2.96. The molecular formula is C11H17N3O3. The van der Waals surface area contributed by atoms with E-state index < -0.39 is 0 Å². The highest BCUT2D eigenvalue weighted by Crippen LogP contribution is 2.31. The van der Waals surface area contributed by atoms with E-state index in [4.69, 9.17) is 9.84 Å². The molecule has 0 aliphatic carbocycles. The second kappa shape index (κ2) is 4.85. The van der Waals surface area contributed by atoms with Gasteiger partial charge in [-0.2, -0.15) is 0 Å². The number of nitrogens with one attached hydrogen (secondary N) is 1. The van der Waals surface area contributed by atoms with Crippen molar-refractivity contribution in [2.45, 2.75) is 32.1 Å². The van der Waals surface area contributed by atoms with Crippen LogP contribution in [-0.2, 0) is 4.74 Å². The minimum Gasteiger partial charge on any atom is -0.394 e. The molecule has 0 radical (unpaired) electrons. The number of carbonyl (C=O) groups excluding carboxylic acids is 1. The number of aromatic nitrogens is 2. The van der Waals surface area contributed by atoms with Gasteiger partial charge in [-0.05, 0) is 12.8 Å². The molecule has 6 nitrogen and oxygen atoms in total. The van der Waals surface area contributed by atoms with Crippen molar-refractivity contribution in [1.29, 1.82) is 0 Å². The number of carbonyl (C=O) groups is 1. The molecule has 0 saturated carbocycles. The van der Waals surface area contributed by atoms with Gasteiger partial charge in [0.25, 0.3) is 0 Å². The quantitative estimate of drug-likeness (QED) is 0.760. The zero-order valence-corrected chi connectivity index (χ0v) is 10.0. The molecule has 0 unspecified atom stereocenters. The smallest absolute Gasteiger partial charge is 0.181 e. The van der Waals surface area contributed by atoms with E-state index >= 15 is 0 Å². The van der Waals surface area contributed by atoms with Crippen molar-refractivity contribution in [3.63, 3.8) is 0 Å². The van der Waals surface area contributed by atoms with Gasteiger partial charge in [-0.3, -0.25) is 9.36 Å². The number of anilines is 1. The van der Waals surface area contributed by atoms with Crippen LogP contribution in [0.4, 0.5) is 5.82 Å². The van der Waals surface area contributed by atoms with Crippen molar-refractivity contribution < 1.29 is 14.6 Å². The van der Waals surface area contributed by atoms with E-state index in [1.54, 1.807) is 13.4 Å². The van der Waals surface area contributed by atoms with Gasteiger partial charge in [0.2, 0.25) is 0 Å². The Morgan fingerprint density at radius 3 is 3.00 bits per heavy atom. The second-order valence-corrected chi connectivity index (χ2v) is 4.13. The summed E-state index contributed by atoms with van der Waals surface area (Å²) >= 11 is 0. The van der Waals surface area contributed by atoms with Gasteiger partial charge in [-0.15, -0.1) is 0 Å². The third kappa shape index (κ3) is 2.18. The standard InChI is InChI=1S/C11H17N3O3/c1-7(16)10-11(12-2)14(6-13-10)9-4-3-8(5-15)17-9/h6,8-9,12,15H,3-5H2,1-2H3/t8-,9+/m0/s1. The summed E-state index contributed by atoms with van der Waals surface area (Å²) in [4.78, 5) is 15.5. The Kier molecular flexibility index (Phi) is 3.44. The summed E-state index contributed by atoms with van der Waals surface area (Å²) in [5, 5.41) is 12.0. The Bertz CT molecular complexity index is 416. The molecule has 1 aromatic heterocycles. The molecule has 2 N–H and O–H groups in total. The highest BCUT2D eigenvalue weighted by Gasteiger charge is 2.28. The second-order valence-electron chi connectivity index (χ2n) is 4.13. The number of nitrogens with zero attached hydrogens (tertiary/aromatic N) is 2. The van der Waals surface area contributed by atoms with Gasteiger partial charge in [0.05, 0.1) is 19.0 Å². The Balaban J connectivity index is 2.24. The van der Waals surface area contributed by atoms with Crippen LogP contribution in [0.3, 0.4) is 0 Å². The number of hydrogen-bond acceptors (Lipinski definition) is 5. The molecule has 1 aliphatic rings. The van der Waals surface area contributed by atoms with Crippen LogP contribution >= 0.6 is 0 Å². The maximum atomic E-state index is 11.4. The topological polar surface area (TPSA) is 76.4 Å². The molecule has 0 amide bonds. The average Bonchev–Trinajstić information content (AvgIpc) is 2.94. The summed E-state index contributed by atoms with van der Waals surface area (Å²) in [7, 11) is 1.75. The third-order valence-electron chi connectivity index (χ3n) is 2.96. The molecule has 17 heavy (non-hydrogen) atoms. The summed E-state index contributed by atoms with van der Waals surface area (Å²) in [6.07, 6.45) is 2.96. The van der Waals surface area contributed by atoms with Crippen LogP contribution in [0, 0.1) is 0 Å². The summed E-state index contributed by atoms with van der Waals surface area (Å²) in [5.41, 5.74) is 0.420. The van der Waals surface area contributed by atoms with Crippen LogP contribution in [0.2, 0.25) is 0 Å². The van der Waals surface area contributed by atoms with Gasteiger partial charge in [-0.1, -0.05) is 0 Å². The van der Waals surface area contributed by atoms with E-state index in [1.165, 1.54) is 6.92 Å². The van der Waals surface area contributed by atoms with Crippen molar-refractivity contribution in [2.75, 3.05) is 19.0 Å². The summed E-state index contributed by atoms with van der Waals surface area (Å²) < 4.78 is 7.47. The molecule has 0 aromatic carbocycles. The van der Waals surface area contributed by atoms with Crippen LogP contribution < -0.4 is 5.32 Å². The number of aliphatic hydroxyl groups is 1. The lowest BCUT2D eigenvalue weighted by Gasteiger charge is -2.16. The Labute approximate surface area is 99.6 Å². The van der Waals surface area contributed by atoms with E-state index in [2.05, 4.69) is 10.3 Å². The lowest BCUT2D eigenvalue weighted by Crippen LogP contribution is -2.15. The average molecular weight is 239 g/mol. The van der Waals surface area contributed by atoms with Gasteiger partial charge in [0.15, 0.2) is 5.78 Å². The maximum Gasteiger partial charge on any atom is 0.181 e. The monoisotopic (exact) mass is 239 g/mol. The van der Waals surface area contributed by atoms with Crippen molar-refractivity contribution >= 4 is 11.6 Å². The molecule has 2 rings (SSSR count). The lowest BCUT2D eigenvalue weighted by atomic mass is 10.2. The Morgan fingerprint density at radius 2 is 2.47 bits per heavy atom. The van der Waals surface area contributed by atoms with Gasteiger partial charge >= 0.3 is 0 Å². The number of ether oxygens (including phenoxy) is 1. The number of aliphatic hydroxyl groups excluding tert-OH is 1. The highest BCUT2D eigenvalue weighted by atomic mass is 16.5. The van der Waals surface area contributed by atoms with E-state index in [-0.39, 0.29) is 24.7 Å². The van der Waals surface area contributed by atoms with Gasteiger partial charge in [-0.25, -0.2) is 4.98 Å². The first-order valence-corrected chi connectivity index (χ1v) is 5.69. The van der Waals surface area contributed by atoms with Crippen molar-refractivity contribution in [3.8, 4) is 0 Å². The maximum absolute atomic E-state index is 11.4. The molecule has 2 atom stereocenters. The van der Waals surface area contributed by atoms with Gasteiger partial charge in [0, 0.05) is 14.0 Å². The van der Waals surface area contributed by atoms with E-state index in [1.807, 2.05) is 4.57 Å². The van der Waals surface area contributed by atoms with E-state index in [0.717, 1.165) is 12.8 Å². The first kappa shape index (κ1) is 12.1. The largest absolute Gasteiger partial charge is 0.394 e. The number of hydrogen-bond donors (Lipinski definition) is 2. The van der Waals surface area contributed by atoms with Gasteiger partial charge < -0.3 is 15.2 Å².